The largest absolute Gasteiger partial charge is 0.313 e. The molecule has 1 heterocycles. The first-order valence-corrected chi connectivity index (χ1v) is 6.15. The summed E-state index contributed by atoms with van der Waals surface area (Å²) in [6.45, 7) is 6.37. The van der Waals surface area contributed by atoms with Crippen molar-refractivity contribution in [1.82, 2.24) is 10.3 Å². The molecule has 1 aromatic heterocycles. The predicted octanol–water partition coefficient (Wildman–Crippen LogP) is 2.51. The molecule has 0 spiro atoms. The van der Waals surface area contributed by atoms with E-state index in [1.54, 1.807) is 13.1 Å². The average molecular weight is 285 g/mol. The van der Waals surface area contributed by atoms with E-state index in [9.17, 15) is 4.79 Å². The summed E-state index contributed by atoms with van der Waals surface area (Å²) in [4.78, 5) is 15.8. The third kappa shape index (κ3) is 4.02. The summed E-state index contributed by atoms with van der Waals surface area (Å²) in [5, 5.41) is 3.27. The number of Topliss-reactive ketones (excluding diaryl/α,β-unsaturated/α-hetero) is 1. The van der Waals surface area contributed by atoms with Gasteiger partial charge in [0.05, 0.1) is 11.6 Å². The first-order valence-electron chi connectivity index (χ1n) is 5.36. The van der Waals surface area contributed by atoms with E-state index in [1.807, 2.05) is 12.1 Å². The first-order chi connectivity index (χ1) is 7.50. The van der Waals surface area contributed by atoms with Crippen molar-refractivity contribution in [2.24, 2.45) is 0 Å². The molecular formula is C12H17BrN2O. The van der Waals surface area contributed by atoms with Gasteiger partial charge in [0.2, 0.25) is 0 Å². The van der Waals surface area contributed by atoms with Crippen LogP contribution in [0.5, 0.6) is 0 Å². The van der Waals surface area contributed by atoms with Gasteiger partial charge in [0.15, 0.2) is 0 Å². The molecule has 0 unspecified atom stereocenters. The number of carbonyl (C=O) groups is 1. The fourth-order valence-electron chi connectivity index (χ4n) is 1.40. The fourth-order valence-corrected chi connectivity index (χ4v) is 1.64. The van der Waals surface area contributed by atoms with Gasteiger partial charge < -0.3 is 5.32 Å². The Hall–Kier alpha value is -0.740. The molecular weight excluding hydrogens is 268 g/mol. The van der Waals surface area contributed by atoms with Gasteiger partial charge in [-0.25, -0.2) is 0 Å². The second-order valence-electron chi connectivity index (χ2n) is 4.13. The van der Waals surface area contributed by atoms with Crippen LogP contribution in [0.2, 0.25) is 0 Å². The molecule has 1 N–H and O–H groups in total. The summed E-state index contributed by atoms with van der Waals surface area (Å²) >= 11 is 3.33. The predicted molar refractivity (Wildman–Crippen MR) is 68.5 cm³/mol. The Morgan fingerprint density at radius 1 is 1.50 bits per heavy atom. The SMILES string of the molecule is CC(=O)[C@@H](CNC(C)C)c1ccc(Br)cn1. The van der Waals surface area contributed by atoms with Gasteiger partial charge in [0, 0.05) is 23.3 Å². The third-order valence-corrected chi connectivity index (χ3v) is 2.80. The Kier molecular flexibility index (Phi) is 5.09. The van der Waals surface area contributed by atoms with Crippen molar-refractivity contribution in [2.45, 2.75) is 32.7 Å². The zero-order valence-electron chi connectivity index (χ0n) is 9.83. The van der Waals surface area contributed by atoms with Crippen LogP contribution in [0.3, 0.4) is 0 Å². The van der Waals surface area contributed by atoms with Crippen LogP contribution in [0.4, 0.5) is 0 Å². The standard InChI is InChI=1S/C12H17BrN2O/c1-8(2)14-7-11(9(3)16)12-5-4-10(13)6-15-12/h4-6,8,11,14H,7H2,1-3H3/t11-/m1/s1. The average Bonchev–Trinajstić information content (AvgIpc) is 2.20. The fraction of sp³-hybridized carbons (Fsp3) is 0.500. The molecule has 1 rings (SSSR count). The van der Waals surface area contributed by atoms with Gasteiger partial charge in [0.1, 0.15) is 5.78 Å². The van der Waals surface area contributed by atoms with Gasteiger partial charge in [0.25, 0.3) is 0 Å². The summed E-state index contributed by atoms with van der Waals surface area (Å²) in [5.74, 6) is -0.0153. The quantitative estimate of drug-likeness (QED) is 0.904. The van der Waals surface area contributed by atoms with E-state index in [4.69, 9.17) is 0 Å². The van der Waals surface area contributed by atoms with E-state index in [2.05, 4.69) is 40.1 Å². The lowest BCUT2D eigenvalue weighted by molar-refractivity contribution is -0.118. The van der Waals surface area contributed by atoms with Crippen LogP contribution < -0.4 is 5.32 Å². The second-order valence-corrected chi connectivity index (χ2v) is 5.04. The van der Waals surface area contributed by atoms with Crippen molar-refractivity contribution < 1.29 is 4.79 Å². The highest BCUT2D eigenvalue weighted by Gasteiger charge is 2.17. The van der Waals surface area contributed by atoms with Crippen molar-refractivity contribution in [3.63, 3.8) is 0 Å². The van der Waals surface area contributed by atoms with Crippen molar-refractivity contribution in [2.75, 3.05) is 6.54 Å². The Labute approximate surface area is 105 Å². The van der Waals surface area contributed by atoms with Crippen molar-refractivity contribution >= 4 is 21.7 Å². The molecule has 0 aromatic carbocycles. The van der Waals surface area contributed by atoms with Gasteiger partial charge in [-0.3, -0.25) is 9.78 Å². The van der Waals surface area contributed by atoms with Crippen LogP contribution in [0.15, 0.2) is 22.8 Å². The van der Waals surface area contributed by atoms with Gasteiger partial charge in [-0.05, 0) is 35.0 Å². The van der Waals surface area contributed by atoms with Crippen LogP contribution in [0.25, 0.3) is 0 Å². The minimum atomic E-state index is -0.157. The van der Waals surface area contributed by atoms with Crippen LogP contribution in [-0.4, -0.2) is 23.4 Å². The molecule has 1 aromatic rings. The smallest absolute Gasteiger partial charge is 0.140 e. The molecule has 88 valence electrons. The molecule has 0 saturated carbocycles. The number of aromatic nitrogens is 1. The van der Waals surface area contributed by atoms with E-state index < -0.39 is 0 Å². The van der Waals surface area contributed by atoms with Crippen LogP contribution in [0, 0.1) is 0 Å². The summed E-state index contributed by atoms with van der Waals surface area (Å²) in [5.41, 5.74) is 0.823. The van der Waals surface area contributed by atoms with E-state index in [-0.39, 0.29) is 11.7 Å². The zero-order chi connectivity index (χ0) is 12.1. The van der Waals surface area contributed by atoms with E-state index >= 15 is 0 Å². The van der Waals surface area contributed by atoms with E-state index in [1.165, 1.54) is 0 Å². The molecule has 4 heteroatoms. The molecule has 1 atom stereocenters. The minimum absolute atomic E-state index is 0.142. The molecule has 16 heavy (non-hydrogen) atoms. The number of pyridine rings is 1. The lowest BCUT2D eigenvalue weighted by atomic mass is 10.00. The minimum Gasteiger partial charge on any atom is -0.313 e. The number of nitrogens with one attached hydrogen (secondary N) is 1. The molecule has 0 radical (unpaired) electrons. The number of rotatable bonds is 5. The molecule has 0 fully saturated rings. The highest BCUT2D eigenvalue weighted by atomic mass is 79.9. The van der Waals surface area contributed by atoms with Gasteiger partial charge in [-0.1, -0.05) is 13.8 Å². The zero-order valence-corrected chi connectivity index (χ0v) is 11.4. The van der Waals surface area contributed by atoms with E-state index in [0.717, 1.165) is 10.2 Å². The van der Waals surface area contributed by atoms with E-state index in [0.29, 0.717) is 12.6 Å². The number of hydrogen-bond acceptors (Lipinski definition) is 3. The first kappa shape index (κ1) is 13.3. The van der Waals surface area contributed by atoms with Crippen molar-refractivity contribution in [3.8, 4) is 0 Å². The van der Waals surface area contributed by atoms with Crippen molar-refractivity contribution in [3.05, 3.63) is 28.5 Å². The maximum atomic E-state index is 11.6. The lowest BCUT2D eigenvalue weighted by Crippen LogP contribution is -2.31. The summed E-state index contributed by atoms with van der Waals surface area (Å²) in [6, 6.07) is 4.17. The number of nitrogens with zero attached hydrogens (tertiary/aromatic N) is 1. The molecule has 0 saturated heterocycles. The lowest BCUT2D eigenvalue weighted by Gasteiger charge is -2.16. The van der Waals surface area contributed by atoms with Gasteiger partial charge >= 0.3 is 0 Å². The normalized spacial score (nSPS) is 12.8. The number of ketones is 1. The number of carbonyl (C=O) groups excluding carboxylic acids is 1. The van der Waals surface area contributed by atoms with Gasteiger partial charge in [-0.2, -0.15) is 0 Å². The molecule has 0 aliphatic carbocycles. The van der Waals surface area contributed by atoms with Crippen LogP contribution >= 0.6 is 15.9 Å². The monoisotopic (exact) mass is 284 g/mol. The highest BCUT2D eigenvalue weighted by molar-refractivity contribution is 9.10. The summed E-state index contributed by atoms with van der Waals surface area (Å²) < 4.78 is 0.926. The Morgan fingerprint density at radius 2 is 2.19 bits per heavy atom. The Morgan fingerprint density at radius 3 is 2.62 bits per heavy atom. The molecule has 0 aliphatic rings. The van der Waals surface area contributed by atoms with Crippen molar-refractivity contribution in [1.29, 1.82) is 0 Å². The van der Waals surface area contributed by atoms with Crippen LogP contribution in [0.1, 0.15) is 32.4 Å². The molecule has 0 amide bonds. The molecule has 3 nitrogen and oxygen atoms in total. The van der Waals surface area contributed by atoms with Crippen LogP contribution in [-0.2, 0) is 4.79 Å². The summed E-state index contributed by atoms with van der Waals surface area (Å²) in [6.07, 6.45) is 1.72. The summed E-state index contributed by atoms with van der Waals surface area (Å²) in [7, 11) is 0. The molecule has 0 aliphatic heterocycles. The topological polar surface area (TPSA) is 42.0 Å². The second kappa shape index (κ2) is 6.11. The molecule has 0 bridgehead atoms. The third-order valence-electron chi connectivity index (χ3n) is 2.33. The Balaban J connectivity index is 2.77. The number of hydrogen-bond donors (Lipinski definition) is 1. The number of halogens is 1. The maximum absolute atomic E-state index is 11.6. The van der Waals surface area contributed by atoms with Gasteiger partial charge in [-0.15, -0.1) is 0 Å². The Bertz CT molecular complexity index is 349. The maximum Gasteiger partial charge on any atom is 0.140 e. The highest BCUT2D eigenvalue weighted by Crippen LogP contribution is 2.16.